The molecule has 1 atom stereocenters. The average molecular weight is 191 g/mol. The molecule has 0 heterocycles. The number of rotatable bonds is 4. The standard InChI is InChI=1S/C12H17NO/c1-2-3-7-12(14)11-6-4-5-10(8-11)9-13/h8,10H,2-7H2,1H3. The molecule has 1 aliphatic carbocycles. The smallest absolute Gasteiger partial charge is 0.158 e. The topological polar surface area (TPSA) is 40.9 Å². The van der Waals surface area contributed by atoms with Crippen LogP contribution in [0, 0.1) is 17.2 Å². The van der Waals surface area contributed by atoms with Gasteiger partial charge in [-0.15, -0.1) is 0 Å². The van der Waals surface area contributed by atoms with Crippen molar-refractivity contribution < 1.29 is 4.79 Å². The Morgan fingerprint density at radius 2 is 2.50 bits per heavy atom. The van der Waals surface area contributed by atoms with Gasteiger partial charge in [0.05, 0.1) is 12.0 Å². The minimum Gasteiger partial charge on any atom is -0.295 e. The molecule has 1 rings (SSSR count). The largest absolute Gasteiger partial charge is 0.295 e. The van der Waals surface area contributed by atoms with Crippen molar-refractivity contribution in [2.24, 2.45) is 5.92 Å². The van der Waals surface area contributed by atoms with Crippen molar-refractivity contribution >= 4 is 5.78 Å². The van der Waals surface area contributed by atoms with E-state index in [0.29, 0.717) is 6.42 Å². The van der Waals surface area contributed by atoms with Crippen LogP contribution in [0.1, 0.15) is 45.4 Å². The molecule has 2 nitrogen and oxygen atoms in total. The van der Waals surface area contributed by atoms with E-state index in [-0.39, 0.29) is 11.7 Å². The highest BCUT2D eigenvalue weighted by Gasteiger charge is 2.17. The van der Waals surface area contributed by atoms with Gasteiger partial charge in [0, 0.05) is 6.42 Å². The fraction of sp³-hybridized carbons (Fsp3) is 0.667. The Kier molecular flexibility index (Phi) is 4.39. The predicted molar refractivity (Wildman–Crippen MR) is 55.6 cm³/mol. The highest BCUT2D eigenvalue weighted by molar-refractivity contribution is 5.95. The third-order valence-electron chi connectivity index (χ3n) is 2.64. The van der Waals surface area contributed by atoms with E-state index in [1.54, 1.807) is 0 Å². The second-order valence-corrected chi connectivity index (χ2v) is 3.85. The zero-order valence-corrected chi connectivity index (χ0v) is 8.75. The Balaban J connectivity index is 2.54. The molecule has 0 aromatic rings. The van der Waals surface area contributed by atoms with E-state index < -0.39 is 0 Å². The van der Waals surface area contributed by atoms with Gasteiger partial charge in [-0.25, -0.2) is 0 Å². The second kappa shape index (κ2) is 5.59. The first kappa shape index (κ1) is 11.0. The fourth-order valence-corrected chi connectivity index (χ4v) is 1.75. The van der Waals surface area contributed by atoms with Crippen molar-refractivity contribution in [1.82, 2.24) is 0 Å². The summed E-state index contributed by atoms with van der Waals surface area (Å²) in [5.41, 5.74) is 0.899. The molecular formula is C12H17NO. The molecule has 0 bridgehead atoms. The summed E-state index contributed by atoms with van der Waals surface area (Å²) in [6.45, 7) is 2.08. The van der Waals surface area contributed by atoms with Gasteiger partial charge in [-0.1, -0.05) is 19.4 Å². The van der Waals surface area contributed by atoms with Crippen molar-refractivity contribution in [2.45, 2.75) is 45.4 Å². The third-order valence-corrected chi connectivity index (χ3v) is 2.64. The monoisotopic (exact) mass is 191 g/mol. The van der Waals surface area contributed by atoms with Crippen LogP contribution in [0.2, 0.25) is 0 Å². The second-order valence-electron chi connectivity index (χ2n) is 3.85. The van der Waals surface area contributed by atoms with Crippen LogP contribution in [0.5, 0.6) is 0 Å². The van der Waals surface area contributed by atoms with Gasteiger partial charge in [0.2, 0.25) is 0 Å². The number of nitriles is 1. The van der Waals surface area contributed by atoms with Crippen molar-refractivity contribution in [1.29, 1.82) is 5.26 Å². The van der Waals surface area contributed by atoms with Crippen LogP contribution in [-0.2, 0) is 4.79 Å². The summed E-state index contributed by atoms with van der Waals surface area (Å²) in [6.07, 6.45) is 7.33. The number of Topliss-reactive ketones (excluding diaryl/α,β-unsaturated/α-hetero) is 1. The maximum absolute atomic E-state index is 11.6. The van der Waals surface area contributed by atoms with Crippen LogP contribution in [0.3, 0.4) is 0 Å². The Bertz CT molecular complexity index is 273. The van der Waals surface area contributed by atoms with Crippen LogP contribution in [-0.4, -0.2) is 5.78 Å². The Morgan fingerprint density at radius 3 is 3.14 bits per heavy atom. The normalized spacial score (nSPS) is 21.1. The minimum atomic E-state index is -0.0238. The maximum Gasteiger partial charge on any atom is 0.158 e. The first-order valence-corrected chi connectivity index (χ1v) is 5.41. The Morgan fingerprint density at radius 1 is 1.71 bits per heavy atom. The average Bonchev–Trinajstić information content (AvgIpc) is 2.26. The molecule has 0 fully saturated rings. The summed E-state index contributed by atoms with van der Waals surface area (Å²) >= 11 is 0. The van der Waals surface area contributed by atoms with Crippen LogP contribution in [0.4, 0.5) is 0 Å². The van der Waals surface area contributed by atoms with Crippen LogP contribution in [0.15, 0.2) is 11.6 Å². The molecule has 1 aliphatic rings. The van der Waals surface area contributed by atoms with Gasteiger partial charge >= 0.3 is 0 Å². The molecule has 0 aliphatic heterocycles. The van der Waals surface area contributed by atoms with Crippen LogP contribution >= 0.6 is 0 Å². The summed E-state index contributed by atoms with van der Waals surface area (Å²) in [5.74, 6) is 0.233. The van der Waals surface area contributed by atoms with E-state index in [1.165, 1.54) is 0 Å². The highest BCUT2D eigenvalue weighted by atomic mass is 16.1. The number of allylic oxidation sites excluding steroid dienone is 2. The molecule has 0 aromatic heterocycles. The summed E-state index contributed by atoms with van der Waals surface area (Å²) in [4.78, 5) is 11.6. The number of nitrogens with zero attached hydrogens (tertiary/aromatic N) is 1. The lowest BCUT2D eigenvalue weighted by Gasteiger charge is -2.14. The molecule has 0 radical (unpaired) electrons. The summed E-state index contributed by atoms with van der Waals surface area (Å²) in [5, 5.41) is 8.76. The number of carbonyl (C=O) groups excluding carboxylic acids is 1. The lowest BCUT2D eigenvalue weighted by atomic mass is 9.88. The lowest BCUT2D eigenvalue weighted by Crippen LogP contribution is -2.10. The fourth-order valence-electron chi connectivity index (χ4n) is 1.75. The number of hydrogen-bond donors (Lipinski definition) is 0. The Hall–Kier alpha value is -1.10. The molecule has 76 valence electrons. The zero-order chi connectivity index (χ0) is 10.4. The molecular weight excluding hydrogens is 174 g/mol. The first-order valence-electron chi connectivity index (χ1n) is 5.41. The van der Waals surface area contributed by atoms with Gasteiger partial charge in [-0.3, -0.25) is 4.79 Å². The van der Waals surface area contributed by atoms with Crippen molar-refractivity contribution in [2.75, 3.05) is 0 Å². The molecule has 2 heteroatoms. The molecule has 0 saturated heterocycles. The van der Waals surface area contributed by atoms with Crippen LogP contribution < -0.4 is 0 Å². The van der Waals surface area contributed by atoms with E-state index in [1.807, 2.05) is 6.08 Å². The summed E-state index contributed by atoms with van der Waals surface area (Å²) in [6, 6.07) is 2.22. The SMILES string of the molecule is CCCCC(=O)C1=CC(C#N)CCC1. The highest BCUT2D eigenvalue weighted by Crippen LogP contribution is 2.24. The van der Waals surface area contributed by atoms with E-state index in [9.17, 15) is 4.79 Å². The molecule has 0 amide bonds. The third kappa shape index (κ3) is 2.99. The minimum absolute atomic E-state index is 0.0238. The number of ketones is 1. The van der Waals surface area contributed by atoms with Gasteiger partial charge in [0.15, 0.2) is 5.78 Å². The summed E-state index contributed by atoms with van der Waals surface area (Å²) < 4.78 is 0. The van der Waals surface area contributed by atoms with E-state index >= 15 is 0 Å². The van der Waals surface area contributed by atoms with E-state index in [2.05, 4.69) is 13.0 Å². The van der Waals surface area contributed by atoms with E-state index in [0.717, 1.165) is 37.7 Å². The number of carbonyl (C=O) groups is 1. The van der Waals surface area contributed by atoms with Crippen LogP contribution in [0.25, 0.3) is 0 Å². The number of hydrogen-bond acceptors (Lipinski definition) is 2. The quantitative estimate of drug-likeness (QED) is 0.685. The van der Waals surface area contributed by atoms with Gasteiger partial charge in [-0.2, -0.15) is 5.26 Å². The predicted octanol–water partition coefficient (Wildman–Crippen LogP) is 3.00. The first-order chi connectivity index (χ1) is 6.77. The molecule has 14 heavy (non-hydrogen) atoms. The van der Waals surface area contributed by atoms with Crippen molar-refractivity contribution in [3.8, 4) is 6.07 Å². The molecule has 0 saturated carbocycles. The molecule has 0 spiro atoms. The molecule has 0 aromatic carbocycles. The van der Waals surface area contributed by atoms with Gasteiger partial charge in [-0.05, 0) is 31.3 Å². The number of unbranched alkanes of at least 4 members (excludes halogenated alkanes) is 1. The Labute approximate surface area is 85.6 Å². The van der Waals surface area contributed by atoms with Crippen molar-refractivity contribution in [3.05, 3.63) is 11.6 Å². The summed E-state index contributed by atoms with van der Waals surface area (Å²) in [7, 11) is 0. The zero-order valence-electron chi connectivity index (χ0n) is 8.75. The van der Waals surface area contributed by atoms with Gasteiger partial charge in [0.25, 0.3) is 0 Å². The maximum atomic E-state index is 11.6. The van der Waals surface area contributed by atoms with Crippen molar-refractivity contribution in [3.63, 3.8) is 0 Å². The van der Waals surface area contributed by atoms with Gasteiger partial charge < -0.3 is 0 Å². The van der Waals surface area contributed by atoms with E-state index in [4.69, 9.17) is 5.26 Å². The lowest BCUT2D eigenvalue weighted by molar-refractivity contribution is -0.115. The molecule has 0 N–H and O–H groups in total. The molecule has 1 unspecified atom stereocenters. The van der Waals surface area contributed by atoms with Gasteiger partial charge in [0.1, 0.15) is 0 Å².